The molecule has 0 amide bonds. The Balaban J connectivity index is 0.000000671. The number of carboxylic acid groups (broad SMARTS) is 1. The Kier molecular flexibility index (Phi) is 12.0. The summed E-state index contributed by atoms with van der Waals surface area (Å²) in [6.07, 6.45) is -1.33. The third-order valence-electron chi connectivity index (χ3n) is 9.30. The van der Waals surface area contributed by atoms with Crippen molar-refractivity contribution in [2.45, 2.75) is 69.1 Å². The van der Waals surface area contributed by atoms with Gasteiger partial charge in [-0.25, -0.2) is 23.2 Å². The van der Waals surface area contributed by atoms with Crippen molar-refractivity contribution >= 4 is 23.9 Å². The van der Waals surface area contributed by atoms with Gasteiger partial charge in [-0.1, -0.05) is 17.7 Å². The van der Waals surface area contributed by atoms with E-state index >= 15 is 4.39 Å². The van der Waals surface area contributed by atoms with E-state index in [1.54, 1.807) is 7.11 Å². The van der Waals surface area contributed by atoms with E-state index in [1.165, 1.54) is 12.1 Å². The molecule has 1 unspecified atom stereocenters. The van der Waals surface area contributed by atoms with E-state index < -0.39 is 35.2 Å². The van der Waals surface area contributed by atoms with Crippen molar-refractivity contribution in [1.82, 2.24) is 24.6 Å². The summed E-state index contributed by atoms with van der Waals surface area (Å²) in [6, 6.07) is 9.61. The third-order valence-corrected chi connectivity index (χ3v) is 9.73. The Morgan fingerprint density at radius 2 is 1.83 bits per heavy atom. The number of nitrogens with zero attached hydrogens (tertiary/aromatic N) is 5. The van der Waals surface area contributed by atoms with Gasteiger partial charge in [0.25, 0.3) is 0 Å². The zero-order valence-corrected chi connectivity index (χ0v) is 27.9. The molecule has 262 valence electrons. The molecule has 1 saturated heterocycles. The molecule has 2 heterocycles. The minimum absolute atomic E-state index is 0.0569. The molecular weight excluding hydrogens is 661 g/mol. The first-order valence-electron chi connectivity index (χ1n) is 15.5. The quantitative estimate of drug-likeness (QED) is 0.212. The molecule has 1 N–H and O–H groups in total. The fourth-order valence-corrected chi connectivity index (χ4v) is 6.89. The van der Waals surface area contributed by atoms with Gasteiger partial charge in [0.1, 0.15) is 29.6 Å². The second-order valence-corrected chi connectivity index (χ2v) is 12.7. The van der Waals surface area contributed by atoms with E-state index in [-0.39, 0.29) is 12.0 Å². The molecule has 0 radical (unpaired) electrons. The van der Waals surface area contributed by atoms with Gasteiger partial charge in [0, 0.05) is 42.6 Å². The summed E-state index contributed by atoms with van der Waals surface area (Å²) in [5, 5.41) is 12.5. The largest absolute Gasteiger partial charge is 0.490 e. The average molecular weight is 700 g/mol. The van der Waals surface area contributed by atoms with Gasteiger partial charge >= 0.3 is 12.1 Å². The summed E-state index contributed by atoms with van der Waals surface area (Å²) in [4.78, 5) is 31.2. The van der Waals surface area contributed by atoms with Crippen molar-refractivity contribution in [2.75, 3.05) is 40.4 Å². The summed E-state index contributed by atoms with van der Waals surface area (Å²) in [5.41, 5.74) is 1.39. The number of methoxy groups -OCH3 is 1. The van der Waals surface area contributed by atoms with Crippen LogP contribution in [0, 0.1) is 25.5 Å². The van der Waals surface area contributed by atoms with E-state index in [0.717, 1.165) is 42.3 Å². The molecule has 15 heteroatoms. The maximum atomic E-state index is 15.2. The number of hydrogen-bond acceptors (Lipinski definition) is 7. The zero-order valence-electron chi connectivity index (χ0n) is 27.1. The molecule has 2 fully saturated rings. The number of hydrogen-bond donors (Lipinski definition) is 1. The maximum absolute atomic E-state index is 15.2. The van der Waals surface area contributed by atoms with Gasteiger partial charge in [0.15, 0.2) is 0 Å². The number of piperidine rings is 1. The van der Waals surface area contributed by atoms with Crippen LogP contribution < -0.4 is 0 Å². The van der Waals surface area contributed by atoms with Crippen LogP contribution in [0.3, 0.4) is 0 Å². The van der Waals surface area contributed by atoms with Crippen LogP contribution in [0.25, 0.3) is 5.69 Å². The molecular formula is C33H39ClF5N5O4. The molecule has 1 saturated carbocycles. The van der Waals surface area contributed by atoms with Crippen LogP contribution in [-0.4, -0.2) is 100 Å². The van der Waals surface area contributed by atoms with Crippen LogP contribution in [0.1, 0.15) is 60.3 Å². The normalized spacial score (nSPS) is 22.1. The van der Waals surface area contributed by atoms with Gasteiger partial charge in [-0.15, -0.1) is 0 Å². The highest BCUT2D eigenvalue weighted by Gasteiger charge is 2.54. The van der Waals surface area contributed by atoms with E-state index in [1.807, 2.05) is 43.8 Å². The minimum atomic E-state index is -5.08. The number of carbonyl (C=O) groups excluding carboxylic acids is 1. The maximum Gasteiger partial charge on any atom is 0.490 e. The molecule has 48 heavy (non-hydrogen) atoms. The predicted molar refractivity (Wildman–Crippen MR) is 169 cm³/mol. The molecule has 2 aromatic carbocycles. The molecule has 3 atom stereocenters. The number of ether oxygens (including phenoxy) is 1. The first kappa shape index (κ1) is 37.4. The van der Waals surface area contributed by atoms with E-state index in [4.69, 9.17) is 31.2 Å². The van der Waals surface area contributed by atoms with Gasteiger partial charge in [0.2, 0.25) is 0 Å². The SMILES string of the molecule is COCCN(C)C1C[C@H](c2ccc(F)cc2F)[C@](C=O)(N2CCC(c3nc(C)nn3-c3ccc(Cl)c(C)c3)CC2)C1.O=C(O)C(F)(F)F. The lowest BCUT2D eigenvalue weighted by atomic mass is 9.79. The first-order valence-corrected chi connectivity index (χ1v) is 15.8. The van der Waals surface area contributed by atoms with Crippen molar-refractivity contribution in [3.63, 3.8) is 0 Å². The molecule has 3 aromatic rings. The number of aryl methyl sites for hydroxylation is 2. The van der Waals surface area contributed by atoms with Crippen LogP contribution in [0.4, 0.5) is 22.0 Å². The van der Waals surface area contributed by atoms with Gasteiger partial charge in [-0.2, -0.15) is 18.3 Å². The number of rotatable bonds is 9. The monoisotopic (exact) mass is 699 g/mol. The predicted octanol–water partition coefficient (Wildman–Crippen LogP) is 6.09. The number of aromatic nitrogens is 3. The number of halogens is 6. The Morgan fingerprint density at radius 3 is 2.40 bits per heavy atom. The summed E-state index contributed by atoms with van der Waals surface area (Å²) in [7, 11) is 3.68. The minimum Gasteiger partial charge on any atom is -0.475 e. The summed E-state index contributed by atoms with van der Waals surface area (Å²) in [6.45, 7) is 6.44. The van der Waals surface area contributed by atoms with Crippen molar-refractivity contribution in [1.29, 1.82) is 0 Å². The number of carbonyl (C=O) groups is 2. The Bertz CT molecular complexity index is 1600. The topological polar surface area (TPSA) is 101 Å². The highest BCUT2D eigenvalue weighted by Crippen LogP contribution is 2.49. The van der Waals surface area contributed by atoms with E-state index in [9.17, 15) is 22.4 Å². The van der Waals surface area contributed by atoms with Crippen LogP contribution in [0.2, 0.25) is 5.02 Å². The number of aldehydes is 1. The van der Waals surface area contributed by atoms with Crippen LogP contribution in [-0.2, 0) is 14.3 Å². The second kappa shape index (κ2) is 15.4. The molecule has 1 aliphatic carbocycles. The molecule has 2 aliphatic rings. The smallest absolute Gasteiger partial charge is 0.475 e. The lowest BCUT2D eigenvalue weighted by Gasteiger charge is -2.45. The Labute approximate surface area is 280 Å². The molecule has 1 aliphatic heterocycles. The second-order valence-electron chi connectivity index (χ2n) is 12.3. The van der Waals surface area contributed by atoms with Crippen LogP contribution in [0.5, 0.6) is 0 Å². The lowest BCUT2D eigenvalue weighted by Crippen LogP contribution is -2.55. The van der Waals surface area contributed by atoms with Gasteiger partial charge in [-0.3, -0.25) is 4.90 Å². The van der Waals surface area contributed by atoms with Crippen molar-refractivity contribution in [2.24, 2.45) is 0 Å². The van der Waals surface area contributed by atoms with Crippen molar-refractivity contribution in [3.8, 4) is 5.69 Å². The Morgan fingerprint density at radius 1 is 1.17 bits per heavy atom. The highest BCUT2D eigenvalue weighted by molar-refractivity contribution is 6.31. The van der Waals surface area contributed by atoms with Gasteiger partial charge in [0.05, 0.1) is 17.8 Å². The van der Waals surface area contributed by atoms with Gasteiger partial charge in [-0.05, 0) is 95.1 Å². The number of carboxylic acids is 1. The molecule has 0 bridgehead atoms. The number of likely N-dealkylation sites (N-methyl/N-ethyl adjacent to an activating group) is 1. The molecule has 0 spiro atoms. The fraction of sp³-hybridized carbons (Fsp3) is 0.515. The van der Waals surface area contributed by atoms with E-state index in [0.29, 0.717) is 55.5 Å². The summed E-state index contributed by atoms with van der Waals surface area (Å²) >= 11 is 6.26. The van der Waals surface area contributed by atoms with Crippen LogP contribution >= 0.6 is 11.6 Å². The Hall–Kier alpha value is -3.46. The molecule has 1 aromatic heterocycles. The fourth-order valence-electron chi connectivity index (χ4n) is 6.77. The van der Waals surface area contributed by atoms with Crippen molar-refractivity contribution in [3.05, 3.63) is 75.8 Å². The van der Waals surface area contributed by atoms with Crippen molar-refractivity contribution < 1.29 is 41.4 Å². The van der Waals surface area contributed by atoms with E-state index in [2.05, 4.69) is 14.9 Å². The summed E-state index contributed by atoms with van der Waals surface area (Å²) < 4.78 is 68.0. The summed E-state index contributed by atoms with van der Waals surface area (Å²) in [5.74, 6) is -2.63. The third kappa shape index (κ3) is 8.21. The molecule has 5 rings (SSSR count). The number of aliphatic carboxylic acids is 1. The highest BCUT2D eigenvalue weighted by atomic mass is 35.5. The number of likely N-dealkylation sites (tertiary alicyclic amines) is 1. The van der Waals surface area contributed by atoms with Gasteiger partial charge < -0.3 is 19.5 Å². The molecule has 9 nitrogen and oxygen atoms in total. The first-order chi connectivity index (χ1) is 22.6. The standard InChI is InChI=1S/C31H38ClF2N5O2.C2HF3O2/c1-20-15-24(6-8-28(20)32)39-30(35-21(2)36-39)22-9-11-38(12-10-22)31(19-40)18-25(37(3)13-14-41-4)17-27(31)26-7-5-23(33)16-29(26)34;3-2(4,5)1(6)7/h5-8,15-16,19,22,25,27H,9-14,17-18H2,1-4H3;(H,6,7)/t25?,27-,31+;/m1./s1. The average Bonchev–Trinajstić information content (AvgIpc) is 3.63. The van der Waals surface area contributed by atoms with Crippen LogP contribution in [0.15, 0.2) is 36.4 Å². The zero-order chi connectivity index (χ0) is 35.4. The lowest BCUT2D eigenvalue weighted by molar-refractivity contribution is -0.192. The number of benzene rings is 2. The number of alkyl halides is 3.